The van der Waals surface area contributed by atoms with Crippen molar-refractivity contribution in [1.29, 1.82) is 5.26 Å². The molecule has 0 spiro atoms. The third kappa shape index (κ3) is 3.47. The summed E-state index contributed by atoms with van der Waals surface area (Å²) in [7, 11) is 0. The summed E-state index contributed by atoms with van der Waals surface area (Å²) in [6.45, 7) is 2.93. The molecule has 0 unspecified atom stereocenters. The first kappa shape index (κ1) is 17.3. The number of nitrogens with zero attached hydrogens (tertiary/aromatic N) is 1. The molecule has 0 aromatic heterocycles. The molecule has 128 valence electrons. The Labute approximate surface area is 146 Å². The fourth-order valence-corrected chi connectivity index (χ4v) is 2.84. The van der Waals surface area contributed by atoms with Crippen molar-refractivity contribution in [1.82, 2.24) is 0 Å². The SMILES string of the molecule is CC(C)(O)C(=O)Cc1ccc(-c2ccc(C3(C#N)CC3)cc2F)cc1. The largest absolute Gasteiger partial charge is 0.383 e. The molecule has 1 aliphatic rings. The second-order valence-electron chi connectivity index (χ2n) is 7.24. The summed E-state index contributed by atoms with van der Waals surface area (Å²) < 4.78 is 14.5. The van der Waals surface area contributed by atoms with Crippen LogP contribution >= 0.6 is 0 Å². The van der Waals surface area contributed by atoms with E-state index in [1.165, 1.54) is 19.9 Å². The summed E-state index contributed by atoms with van der Waals surface area (Å²) in [6.07, 6.45) is 1.70. The van der Waals surface area contributed by atoms with Crippen LogP contribution < -0.4 is 0 Å². The highest BCUT2D eigenvalue weighted by Crippen LogP contribution is 2.48. The Hall–Kier alpha value is -2.51. The summed E-state index contributed by atoms with van der Waals surface area (Å²) >= 11 is 0. The van der Waals surface area contributed by atoms with E-state index >= 15 is 0 Å². The van der Waals surface area contributed by atoms with E-state index in [4.69, 9.17) is 0 Å². The van der Waals surface area contributed by atoms with Crippen molar-refractivity contribution in [2.24, 2.45) is 0 Å². The fraction of sp³-hybridized carbons (Fsp3) is 0.333. The van der Waals surface area contributed by atoms with Crippen LogP contribution in [0.3, 0.4) is 0 Å². The number of benzene rings is 2. The maximum Gasteiger partial charge on any atom is 0.168 e. The van der Waals surface area contributed by atoms with Crippen LogP contribution in [-0.2, 0) is 16.6 Å². The van der Waals surface area contributed by atoms with Crippen molar-refractivity contribution in [3.05, 3.63) is 59.4 Å². The lowest BCUT2D eigenvalue weighted by Crippen LogP contribution is -2.32. The topological polar surface area (TPSA) is 61.1 Å². The average Bonchev–Trinajstić information content (AvgIpc) is 3.36. The van der Waals surface area contributed by atoms with Crippen molar-refractivity contribution in [3.8, 4) is 17.2 Å². The molecule has 0 aliphatic heterocycles. The molecule has 0 saturated heterocycles. The molecule has 1 aliphatic carbocycles. The van der Waals surface area contributed by atoms with Gasteiger partial charge in [0.05, 0.1) is 11.5 Å². The molecule has 2 aromatic carbocycles. The van der Waals surface area contributed by atoms with Gasteiger partial charge in [0.15, 0.2) is 5.78 Å². The number of carbonyl (C=O) groups excluding carboxylic acids is 1. The molecule has 2 aromatic rings. The van der Waals surface area contributed by atoms with Crippen molar-refractivity contribution in [2.75, 3.05) is 0 Å². The summed E-state index contributed by atoms with van der Waals surface area (Å²) in [4.78, 5) is 11.9. The molecular formula is C21H20FNO2. The average molecular weight is 337 g/mol. The molecule has 1 N–H and O–H groups in total. The Morgan fingerprint density at radius 1 is 1.24 bits per heavy atom. The first-order valence-corrected chi connectivity index (χ1v) is 8.31. The number of rotatable bonds is 5. The first-order chi connectivity index (χ1) is 11.7. The molecule has 3 rings (SSSR count). The van der Waals surface area contributed by atoms with Gasteiger partial charge < -0.3 is 5.11 Å². The third-order valence-electron chi connectivity index (χ3n) is 4.80. The number of hydrogen-bond donors (Lipinski definition) is 1. The Balaban J connectivity index is 1.81. The molecule has 0 heterocycles. The fourth-order valence-electron chi connectivity index (χ4n) is 2.84. The Kier molecular flexibility index (Phi) is 4.22. The minimum atomic E-state index is -1.36. The molecule has 0 atom stereocenters. The predicted octanol–water partition coefficient (Wildman–Crippen LogP) is 3.93. The monoisotopic (exact) mass is 337 g/mol. The highest BCUT2D eigenvalue weighted by atomic mass is 19.1. The van der Waals surface area contributed by atoms with Crippen molar-refractivity contribution >= 4 is 5.78 Å². The van der Waals surface area contributed by atoms with E-state index in [0.29, 0.717) is 11.1 Å². The number of hydrogen-bond acceptors (Lipinski definition) is 3. The van der Waals surface area contributed by atoms with Gasteiger partial charge >= 0.3 is 0 Å². The standard InChI is InChI=1S/C21H20FNO2/c1-20(2,25)19(24)11-14-3-5-15(6-4-14)17-8-7-16(12-18(17)22)21(13-23)9-10-21/h3-8,12,25H,9-11H2,1-2H3. The van der Waals surface area contributed by atoms with E-state index in [1.807, 2.05) is 6.07 Å². The van der Waals surface area contributed by atoms with Gasteiger partial charge in [-0.3, -0.25) is 4.79 Å². The van der Waals surface area contributed by atoms with Gasteiger partial charge in [-0.1, -0.05) is 36.4 Å². The van der Waals surface area contributed by atoms with Crippen LogP contribution in [0.5, 0.6) is 0 Å². The number of carbonyl (C=O) groups is 1. The zero-order valence-electron chi connectivity index (χ0n) is 14.3. The zero-order valence-corrected chi connectivity index (χ0v) is 14.3. The highest BCUT2D eigenvalue weighted by Gasteiger charge is 2.45. The maximum atomic E-state index is 14.5. The van der Waals surface area contributed by atoms with Crippen LogP contribution in [0, 0.1) is 17.1 Å². The number of halogens is 1. The lowest BCUT2D eigenvalue weighted by Gasteiger charge is -2.15. The number of nitriles is 1. The Morgan fingerprint density at radius 2 is 1.88 bits per heavy atom. The Morgan fingerprint density at radius 3 is 2.36 bits per heavy atom. The van der Waals surface area contributed by atoms with Gasteiger partial charge in [0.25, 0.3) is 0 Å². The maximum absolute atomic E-state index is 14.5. The van der Waals surface area contributed by atoms with Crippen molar-refractivity contribution in [2.45, 2.75) is 44.1 Å². The molecule has 0 amide bonds. The Bertz CT molecular complexity index is 853. The summed E-state index contributed by atoms with van der Waals surface area (Å²) in [6, 6.07) is 14.3. The zero-order chi connectivity index (χ0) is 18.2. The van der Waals surface area contributed by atoms with Gasteiger partial charge in [-0.05, 0) is 49.4 Å². The van der Waals surface area contributed by atoms with E-state index < -0.39 is 11.0 Å². The van der Waals surface area contributed by atoms with Gasteiger partial charge in [-0.2, -0.15) is 5.26 Å². The summed E-state index contributed by atoms with van der Waals surface area (Å²) in [5.74, 6) is -0.610. The normalized spacial score (nSPS) is 15.5. The van der Waals surface area contributed by atoms with Gasteiger partial charge in [-0.15, -0.1) is 0 Å². The minimum Gasteiger partial charge on any atom is -0.383 e. The number of Topliss-reactive ketones (excluding diaryl/α,β-unsaturated/α-hetero) is 1. The van der Waals surface area contributed by atoms with E-state index in [1.54, 1.807) is 30.3 Å². The van der Waals surface area contributed by atoms with E-state index in [9.17, 15) is 19.6 Å². The van der Waals surface area contributed by atoms with E-state index in [-0.39, 0.29) is 18.0 Å². The predicted molar refractivity (Wildman–Crippen MR) is 93.4 cm³/mol. The number of ketones is 1. The molecule has 25 heavy (non-hydrogen) atoms. The van der Waals surface area contributed by atoms with Gasteiger partial charge in [0.2, 0.25) is 0 Å². The molecule has 4 heteroatoms. The lowest BCUT2D eigenvalue weighted by molar-refractivity contribution is -0.133. The van der Waals surface area contributed by atoms with Crippen LogP contribution in [0.1, 0.15) is 37.8 Å². The smallest absolute Gasteiger partial charge is 0.168 e. The second kappa shape index (κ2) is 6.09. The van der Waals surface area contributed by atoms with Gasteiger partial charge in [-0.25, -0.2) is 4.39 Å². The molecule has 3 nitrogen and oxygen atoms in total. The van der Waals surface area contributed by atoms with Crippen LogP contribution in [0.25, 0.3) is 11.1 Å². The molecule has 0 bridgehead atoms. The van der Waals surface area contributed by atoms with E-state index in [0.717, 1.165) is 24.0 Å². The first-order valence-electron chi connectivity index (χ1n) is 8.31. The molecule has 1 saturated carbocycles. The molecule has 0 radical (unpaired) electrons. The van der Waals surface area contributed by atoms with Crippen LogP contribution in [0.4, 0.5) is 4.39 Å². The quantitative estimate of drug-likeness (QED) is 0.899. The summed E-state index contributed by atoms with van der Waals surface area (Å²) in [5, 5.41) is 18.9. The molecular weight excluding hydrogens is 317 g/mol. The van der Waals surface area contributed by atoms with Gasteiger partial charge in [0.1, 0.15) is 11.4 Å². The number of aliphatic hydroxyl groups is 1. The summed E-state index contributed by atoms with van der Waals surface area (Å²) in [5.41, 5.74) is 0.835. The lowest BCUT2D eigenvalue weighted by atomic mass is 9.93. The second-order valence-corrected chi connectivity index (χ2v) is 7.24. The van der Waals surface area contributed by atoms with Crippen LogP contribution in [0.15, 0.2) is 42.5 Å². The highest BCUT2D eigenvalue weighted by molar-refractivity contribution is 5.88. The van der Waals surface area contributed by atoms with Crippen LogP contribution in [0.2, 0.25) is 0 Å². The van der Waals surface area contributed by atoms with Gasteiger partial charge in [0, 0.05) is 12.0 Å². The van der Waals surface area contributed by atoms with Crippen LogP contribution in [-0.4, -0.2) is 16.5 Å². The molecule has 1 fully saturated rings. The van der Waals surface area contributed by atoms with Crippen molar-refractivity contribution in [3.63, 3.8) is 0 Å². The van der Waals surface area contributed by atoms with Crippen molar-refractivity contribution < 1.29 is 14.3 Å². The third-order valence-corrected chi connectivity index (χ3v) is 4.80. The van der Waals surface area contributed by atoms with E-state index in [2.05, 4.69) is 6.07 Å². The minimum absolute atomic E-state index is 0.135.